The van der Waals surface area contributed by atoms with E-state index in [9.17, 15) is 4.79 Å². The van der Waals surface area contributed by atoms with Crippen molar-refractivity contribution in [1.82, 2.24) is 4.98 Å². The number of allylic oxidation sites excluding steroid dienone is 2. The van der Waals surface area contributed by atoms with Gasteiger partial charge in [0.1, 0.15) is 5.58 Å². The van der Waals surface area contributed by atoms with Crippen molar-refractivity contribution in [2.24, 2.45) is 0 Å². The fourth-order valence-electron chi connectivity index (χ4n) is 4.36. The van der Waals surface area contributed by atoms with E-state index in [-0.39, 0.29) is 37.1 Å². The van der Waals surface area contributed by atoms with E-state index in [4.69, 9.17) is 14.5 Å². The van der Waals surface area contributed by atoms with Crippen molar-refractivity contribution >= 4 is 38.5 Å². The number of para-hydroxylation sites is 1. The van der Waals surface area contributed by atoms with E-state index < -0.39 is 0 Å². The van der Waals surface area contributed by atoms with Gasteiger partial charge in [-0.15, -0.1) is 17.7 Å². The topological polar surface area (TPSA) is 63.3 Å². The second kappa shape index (κ2) is 11.4. The van der Waals surface area contributed by atoms with Crippen LogP contribution in [0.4, 0.5) is 0 Å². The number of carbonyl (C=O) groups excluding carboxylic acids is 1. The SMILES string of the molecule is CC(=O)/C=C(/C)O.CCC(C)(C)c1ccc2c(-c3[c-]c(C)cc4c3oc3ccccc34)nccc2c1.[Ir]. The minimum atomic E-state index is -0.125. The molecule has 0 aliphatic carbocycles. The number of carbonyl (C=O) groups is 1. The zero-order valence-corrected chi connectivity index (χ0v) is 24.5. The molecule has 0 aliphatic rings. The van der Waals surface area contributed by atoms with Gasteiger partial charge in [0.25, 0.3) is 0 Å². The van der Waals surface area contributed by atoms with Crippen LogP contribution in [0.3, 0.4) is 0 Å². The third kappa shape index (κ3) is 6.01. The summed E-state index contributed by atoms with van der Waals surface area (Å²) in [5.41, 5.74) is 6.21. The summed E-state index contributed by atoms with van der Waals surface area (Å²) in [6.45, 7) is 11.8. The number of aryl methyl sites for hydroxylation is 1. The van der Waals surface area contributed by atoms with Crippen LogP contribution in [-0.2, 0) is 30.3 Å². The Kier molecular flexibility index (Phi) is 8.73. The van der Waals surface area contributed by atoms with Crippen LogP contribution in [0.15, 0.2) is 77.0 Å². The molecule has 5 rings (SSSR count). The van der Waals surface area contributed by atoms with E-state index in [1.807, 2.05) is 18.3 Å². The van der Waals surface area contributed by atoms with Gasteiger partial charge in [-0.1, -0.05) is 75.0 Å². The van der Waals surface area contributed by atoms with Gasteiger partial charge in [-0.3, -0.25) is 4.79 Å². The number of pyridine rings is 1. The molecule has 0 unspecified atom stereocenters. The number of aliphatic hydroxyl groups is 1. The van der Waals surface area contributed by atoms with Crippen LogP contribution in [0.25, 0.3) is 44.0 Å². The molecule has 5 heteroatoms. The van der Waals surface area contributed by atoms with Crippen molar-refractivity contribution in [3.63, 3.8) is 0 Å². The Morgan fingerprint density at radius 3 is 2.43 bits per heavy atom. The van der Waals surface area contributed by atoms with Crippen molar-refractivity contribution in [2.45, 2.75) is 53.4 Å². The molecular formula is C32H32IrNO3-. The Bertz CT molecular complexity index is 1610. The van der Waals surface area contributed by atoms with Gasteiger partial charge in [-0.2, -0.15) is 0 Å². The number of fused-ring (bicyclic) bond motifs is 4. The van der Waals surface area contributed by atoms with Crippen LogP contribution in [0.2, 0.25) is 0 Å². The van der Waals surface area contributed by atoms with Gasteiger partial charge in [0.15, 0.2) is 5.78 Å². The molecule has 0 aliphatic heterocycles. The molecule has 2 heterocycles. The van der Waals surface area contributed by atoms with Crippen LogP contribution in [-0.4, -0.2) is 15.9 Å². The summed E-state index contributed by atoms with van der Waals surface area (Å²) in [5, 5.41) is 12.9. The second-order valence-corrected chi connectivity index (χ2v) is 9.90. The smallest absolute Gasteiger partial charge is 0.155 e. The van der Waals surface area contributed by atoms with Crippen LogP contribution in [0, 0.1) is 13.0 Å². The molecule has 0 amide bonds. The second-order valence-electron chi connectivity index (χ2n) is 9.90. The van der Waals surface area contributed by atoms with Gasteiger partial charge in [0, 0.05) is 37.8 Å². The molecule has 0 saturated heterocycles. The Morgan fingerprint density at radius 1 is 1.05 bits per heavy atom. The Hall–Kier alpha value is -3.27. The maximum atomic E-state index is 10.0. The predicted molar refractivity (Wildman–Crippen MR) is 148 cm³/mol. The van der Waals surface area contributed by atoms with Crippen molar-refractivity contribution in [3.8, 4) is 11.3 Å². The largest absolute Gasteiger partial charge is 0.512 e. The average Bonchev–Trinajstić information content (AvgIpc) is 3.21. The van der Waals surface area contributed by atoms with E-state index in [2.05, 4.69) is 76.2 Å². The summed E-state index contributed by atoms with van der Waals surface area (Å²) in [6.07, 6.45) is 4.16. The Labute approximate surface area is 231 Å². The number of nitrogens with zero attached hydrogens (tertiary/aromatic N) is 1. The van der Waals surface area contributed by atoms with E-state index >= 15 is 0 Å². The van der Waals surface area contributed by atoms with Gasteiger partial charge in [-0.25, -0.2) is 0 Å². The van der Waals surface area contributed by atoms with Crippen molar-refractivity contribution in [2.75, 3.05) is 0 Å². The number of rotatable bonds is 4. The fourth-order valence-corrected chi connectivity index (χ4v) is 4.36. The molecule has 0 spiro atoms. The number of hydrogen-bond donors (Lipinski definition) is 1. The van der Waals surface area contributed by atoms with E-state index in [1.165, 1.54) is 30.9 Å². The number of aromatic nitrogens is 1. The summed E-state index contributed by atoms with van der Waals surface area (Å²) in [6, 6.07) is 22.7. The van der Waals surface area contributed by atoms with Crippen LogP contribution in [0.5, 0.6) is 0 Å². The third-order valence-electron chi connectivity index (χ3n) is 6.62. The maximum absolute atomic E-state index is 10.0. The third-order valence-corrected chi connectivity index (χ3v) is 6.62. The van der Waals surface area contributed by atoms with E-state index in [0.717, 1.165) is 50.6 Å². The summed E-state index contributed by atoms with van der Waals surface area (Å²) in [5.74, 6) is -0.0625. The molecule has 0 atom stereocenters. The molecule has 5 aromatic rings. The number of aliphatic hydroxyl groups excluding tert-OH is 1. The molecule has 2 aromatic heterocycles. The van der Waals surface area contributed by atoms with Gasteiger partial charge in [0.2, 0.25) is 0 Å². The van der Waals surface area contributed by atoms with Gasteiger partial charge in [-0.05, 0) is 59.8 Å². The summed E-state index contributed by atoms with van der Waals surface area (Å²) in [4.78, 5) is 14.8. The van der Waals surface area contributed by atoms with Crippen molar-refractivity contribution in [1.29, 1.82) is 0 Å². The molecule has 37 heavy (non-hydrogen) atoms. The fraction of sp³-hybridized carbons (Fsp3) is 0.250. The number of benzene rings is 3. The standard InChI is InChI=1S/C27H24NO.C5H8O2.Ir/c1-5-27(3,4)19-10-11-20-18(16-19)12-13-28-25(20)23-15-17(2)14-22-21-8-6-7-9-24(21)29-26(22)23;1-4(6)3-5(2)7;/h6-14,16H,5H2,1-4H3;3,6H,1-2H3;/q-1;;/b;4-3-;. The molecule has 0 bridgehead atoms. The zero-order valence-electron chi connectivity index (χ0n) is 22.1. The molecule has 0 fully saturated rings. The van der Waals surface area contributed by atoms with Crippen LogP contribution >= 0.6 is 0 Å². The molecular weight excluding hydrogens is 639 g/mol. The molecule has 0 saturated carbocycles. The minimum absolute atomic E-state index is 0. The number of hydrogen-bond acceptors (Lipinski definition) is 4. The van der Waals surface area contributed by atoms with Gasteiger partial charge >= 0.3 is 0 Å². The predicted octanol–water partition coefficient (Wildman–Crippen LogP) is 8.63. The van der Waals surface area contributed by atoms with Gasteiger partial charge < -0.3 is 14.5 Å². The van der Waals surface area contributed by atoms with Crippen LogP contribution in [0.1, 0.15) is 52.2 Å². The molecule has 1 N–H and O–H groups in total. The molecule has 4 nitrogen and oxygen atoms in total. The monoisotopic (exact) mass is 671 g/mol. The number of ketones is 1. The summed E-state index contributed by atoms with van der Waals surface area (Å²) < 4.78 is 6.27. The maximum Gasteiger partial charge on any atom is 0.155 e. The minimum Gasteiger partial charge on any atom is -0.512 e. The Balaban J connectivity index is 0.000000422. The first-order chi connectivity index (χ1) is 17.1. The summed E-state index contributed by atoms with van der Waals surface area (Å²) >= 11 is 0. The van der Waals surface area contributed by atoms with Gasteiger partial charge in [0.05, 0.1) is 11.3 Å². The quantitative estimate of drug-likeness (QED) is 0.118. The van der Waals surface area contributed by atoms with Crippen molar-refractivity contribution in [3.05, 3.63) is 89.8 Å². The normalized spacial score (nSPS) is 11.8. The Morgan fingerprint density at radius 2 is 1.78 bits per heavy atom. The first-order valence-electron chi connectivity index (χ1n) is 12.2. The van der Waals surface area contributed by atoms with Crippen LogP contribution < -0.4 is 0 Å². The average molecular weight is 671 g/mol. The first kappa shape index (κ1) is 28.3. The van der Waals surface area contributed by atoms with E-state index in [0.29, 0.717) is 0 Å². The molecule has 1 radical (unpaired) electrons. The number of furan rings is 1. The zero-order chi connectivity index (χ0) is 26.0. The van der Waals surface area contributed by atoms with Crippen molar-refractivity contribution < 1.29 is 34.4 Å². The van der Waals surface area contributed by atoms with E-state index in [1.54, 1.807) is 0 Å². The molecule has 193 valence electrons. The molecule has 3 aromatic carbocycles. The summed E-state index contributed by atoms with van der Waals surface area (Å²) in [7, 11) is 0. The first-order valence-corrected chi connectivity index (χ1v) is 12.2.